The largest absolute Gasteiger partial charge is 0.444 e. The van der Waals surface area contributed by atoms with Crippen molar-refractivity contribution in [2.75, 3.05) is 26.2 Å². The molecular weight excluding hydrogens is 560 g/mol. The minimum absolute atomic E-state index is 0.0979. The van der Waals surface area contributed by atoms with Crippen molar-refractivity contribution in [2.24, 2.45) is 0 Å². The summed E-state index contributed by atoms with van der Waals surface area (Å²) in [5.74, 6) is 0. The fourth-order valence-corrected chi connectivity index (χ4v) is 6.32. The lowest BCUT2D eigenvalue weighted by Crippen LogP contribution is -2.43. The Hall–Kier alpha value is -1.41. The summed E-state index contributed by atoms with van der Waals surface area (Å²) in [5, 5.41) is 0. The third kappa shape index (κ3) is 6.62. The predicted molar refractivity (Wildman–Crippen MR) is 142 cm³/mol. The molecule has 2 atom stereocenters. The van der Waals surface area contributed by atoms with Gasteiger partial charge in [-0.2, -0.15) is 0 Å². The van der Waals surface area contributed by atoms with Crippen LogP contribution < -0.4 is 0 Å². The van der Waals surface area contributed by atoms with Crippen LogP contribution in [0.25, 0.3) is 0 Å². The summed E-state index contributed by atoms with van der Waals surface area (Å²) in [6, 6.07) is 15.2. The molecule has 2 aliphatic rings. The lowest BCUT2D eigenvalue weighted by molar-refractivity contribution is -0.0343. The topological polar surface area (TPSA) is 42.0 Å². The van der Waals surface area contributed by atoms with Crippen molar-refractivity contribution < 1.29 is 14.3 Å². The van der Waals surface area contributed by atoms with Gasteiger partial charge in [0.15, 0.2) is 0 Å². The standard InChI is InChI=1S/C27H34Br2N2O3/c1-27(2,3)34-26(32)31-12-6-11-30(13-14-31)25-23-8-5-4-7-20(23)9-10-24(25)33-18-19-15-21(28)17-22(29)16-19/h4-5,7-8,15-17,24-25H,6,9-14,18H2,1-3H3/t24-,25-/m1/s1. The molecule has 1 aliphatic carbocycles. The van der Waals surface area contributed by atoms with E-state index >= 15 is 0 Å². The molecule has 1 fully saturated rings. The molecule has 7 heteroatoms. The summed E-state index contributed by atoms with van der Waals surface area (Å²) in [6.45, 7) is 9.44. The van der Waals surface area contributed by atoms with Gasteiger partial charge in [0.25, 0.3) is 0 Å². The maximum Gasteiger partial charge on any atom is 0.410 e. The van der Waals surface area contributed by atoms with Crippen LogP contribution in [0.4, 0.5) is 4.79 Å². The van der Waals surface area contributed by atoms with E-state index in [1.807, 2.05) is 31.7 Å². The number of ether oxygens (including phenoxy) is 2. The Labute approximate surface area is 220 Å². The van der Waals surface area contributed by atoms with Gasteiger partial charge in [-0.05, 0) is 74.9 Å². The summed E-state index contributed by atoms with van der Waals surface area (Å²) >= 11 is 7.17. The second-order valence-electron chi connectivity index (χ2n) is 10.2. The van der Waals surface area contributed by atoms with Gasteiger partial charge in [0.05, 0.1) is 18.8 Å². The van der Waals surface area contributed by atoms with Gasteiger partial charge in [-0.25, -0.2) is 4.79 Å². The van der Waals surface area contributed by atoms with E-state index < -0.39 is 5.60 Å². The maximum absolute atomic E-state index is 12.7. The molecule has 2 aromatic carbocycles. The van der Waals surface area contributed by atoms with Crippen LogP contribution in [-0.4, -0.2) is 53.8 Å². The Morgan fingerprint density at radius 3 is 2.50 bits per heavy atom. The summed E-state index contributed by atoms with van der Waals surface area (Å²) in [4.78, 5) is 17.1. The van der Waals surface area contributed by atoms with Gasteiger partial charge in [0, 0.05) is 35.1 Å². The number of hydrogen-bond acceptors (Lipinski definition) is 4. The molecule has 0 aromatic heterocycles. The molecule has 34 heavy (non-hydrogen) atoms. The molecule has 0 radical (unpaired) electrons. The van der Waals surface area contributed by atoms with Crippen LogP contribution in [0.2, 0.25) is 0 Å². The number of fused-ring (bicyclic) bond motifs is 1. The number of benzene rings is 2. The molecule has 0 saturated carbocycles. The summed E-state index contributed by atoms with van der Waals surface area (Å²) in [5.41, 5.74) is 3.43. The van der Waals surface area contributed by atoms with Crippen LogP contribution in [0.15, 0.2) is 51.4 Å². The SMILES string of the molecule is CC(C)(C)OC(=O)N1CCCN([C@@H]2c3ccccc3CC[C@H]2OCc2cc(Br)cc(Br)c2)CC1. The zero-order chi connectivity index (χ0) is 24.3. The van der Waals surface area contributed by atoms with Crippen molar-refractivity contribution in [3.8, 4) is 0 Å². The first kappa shape index (κ1) is 25.7. The Morgan fingerprint density at radius 2 is 1.76 bits per heavy atom. The molecule has 184 valence electrons. The number of nitrogens with zero attached hydrogens (tertiary/aromatic N) is 2. The van der Waals surface area contributed by atoms with Gasteiger partial charge in [-0.3, -0.25) is 4.90 Å². The molecule has 4 rings (SSSR count). The molecule has 5 nitrogen and oxygen atoms in total. The highest BCUT2D eigenvalue weighted by Crippen LogP contribution is 2.37. The highest BCUT2D eigenvalue weighted by atomic mass is 79.9. The summed E-state index contributed by atoms with van der Waals surface area (Å²) in [6.07, 6.45) is 2.82. The first-order chi connectivity index (χ1) is 16.2. The van der Waals surface area contributed by atoms with E-state index in [4.69, 9.17) is 9.47 Å². The van der Waals surface area contributed by atoms with Gasteiger partial charge in [0.2, 0.25) is 0 Å². The first-order valence-corrected chi connectivity index (χ1v) is 13.6. The normalized spacial score (nSPS) is 21.6. The Bertz CT molecular complexity index is 987. The van der Waals surface area contributed by atoms with Gasteiger partial charge < -0.3 is 14.4 Å². The van der Waals surface area contributed by atoms with Crippen LogP contribution >= 0.6 is 31.9 Å². The Kier molecular flexibility index (Phi) is 8.39. The zero-order valence-corrected chi connectivity index (χ0v) is 23.4. The molecule has 0 bridgehead atoms. The molecule has 0 N–H and O–H groups in total. The molecule has 0 unspecified atom stereocenters. The smallest absolute Gasteiger partial charge is 0.410 e. The first-order valence-electron chi connectivity index (χ1n) is 12.1. The fraction of sp³-hybridized carbons (Fsp3) is 0.519. The van der Waals surface area contributed by atoms with Crippen molar-refractivity contribution in [3.05, 3.63) is 68.1 Å². The second-order valence-corrected chi connectivity index (χ2v) is 12.0. The highest BCUT2D eigenvalue weighted by molar-refractivity contribution is 9.11. The van der Waals surface area contributed by atoms with E-state index in [0.717, 1.165) is 53.4 Å². The monoisotopic (exact) mass is 592 g/mol. The minimum atomic E-state index is -0.480. The Balaban J connectivity index is 1.50. The molecular formula is C27H34Br2N2O3. The van der Waals surface area contributed by atoms with Gasteiger partial charge in [0.1, 0.15) is 5.60 Å². The molecule has 2 aromatic rings. The second kappa shape index (κ2) is 11.1. The van der Waals surface area contributed by atoms with Gasteiger partial charge in [-0.1, -0.05) is 56.1 Å². The third-order valence-electron chi connectivity index (χ3n) is 6.39. The molecule has 1 saturated heterocycles. The van der Waals surface area contributed by atoms with Crippen LogP contribution in [-0.2, 0) is 22.5 Å². The van der Waals surface area contributed by atoms with Crippen molar-refractivity contribution in [2.45, 2.75) is 64.4 Å². The minimum Gasteiger partial charge on any atom is -0.444 e. The van der Waals surface area contributed by atoms with Gasteiger partial charge in [-0.15, -0.1) is 0 Å². The average molecular weight is 594 g/mol. The number of carbonyl (C=O) groups excluding carboxylic acids is 1. The molecule has 1 heterocycles. The zero-order valence-electron chi connectivity index (χ0n) is 20.2. The van der Waals surface area contributed by atoms with Crippen molar-refractivity contribution in [1.82, 2.24) is 9.80 Å². The number of aryl methyl sites for hydroxylation is 1. The molecule has 1 amide bonds. The maximum atomic E-state index is 12.7. The number of amides is 1. The summed E-state index contributed by atoms with van der Waals surface area (Å²) < 4.78 is 14.3. The quantitative estimate of drug-likeness (QED) is 0.394. The van der Waals surface area contributed by atoms with E-state index in [9.17, 15) is 4.79 Å². The van der Waals surface area contributed by atoms with Crippen LogP contribution in [0, 0.1) is 0 Å². The van der Waals surface area contributed by atoms with Crippen LogP contribution in [0.5, 0.6) is 0 Å². The van der Waals surface area contributed by atoms with Crippen molar-refractivity contribution in [1.29, 1.82) is 0 Å². The number of rotatable bonds is 4. The summed E-state index contributed by atoms with van der Waals surface area (Å²) in [7, 11) is 0. The van der Waals surface area contributed by atoms with Crippen molar-refractivity contribution >= 4 is 38.0 Å². The van der Waals surface area contributed by atoms with E-state index in [0.29, 0.717) is 13.2 Å². The van der Waals surface area contributed by atoms with E-state index in [1.165, 1.54) is 11.1 Å². The fourth-order valence-electron chi connectivity index (χ4n) is 4.93. The van der Waals surface area contributed by atoms with Crippen LogP contribution in [0.3, 0.4) is 0 Å². The molecule has 1 aliphatic heterocycles. The third-order valence-corrected chi connectivity index (χ3v) is 7.30. The number of carbonyl (C=O) groups is 1. The average Bonchev–Trinajstić information content (AvgIpc) is 3.02. The van der Waals surface area contributed by atoms with Gasteiger partial charge >= 0.3 is 6.09 Å². The van der Waals surface area contributed by atoms with E-state index in [1.54, 1.807) is 0 Å². The number of hydrogen-bond donors (Lipinski definition) is 0. The van der Waals surface area contributed by atoms with Crippen LogP contribution in [0.1, 0.15) is 56.3 Å². The predicted octanol–water partition coefficient (Wildman–Crippen LogP) is 6.73. The van der Waals surface area contributed by atoms with Crippen molar-refractivity contribution in [3.63, 3.8) is 0 Å². The molecule has 0 spiro atoms. The lowest BCUT2D eigenvalue weighted by atomic mass is 9.84. The lowest BCUT2D eigenvalue weighted by Gasteiger charge is -2.40. The van der Waals surface area contributed by atoms with E-state index in [-0.39, 0.29) is 18.2 Å². The Morgan fingerprint density at radius 1 is 1.03 bits per heavy atom. The number of halogens is 2. The van der Waals surface area contributed by atoms with E-state index in [2.05, 4.69) is 73.2 Å². The highest BCUT2D eigenvalue weighted by Gasteiger charge is 2.36.